The number of rotatable bonds is 1. The molecule has 0 aromatic rings. The van der Waals surface area contributed by atoms with Gasteiger partial charge in [0.05, 0.1) is 0 Å². The van der Waals surface area contributed by atoms with Crippen molar-refractivity contribution < 1.29 is 14.3 Å². The van der Waals surface area contributed by atoms with Crippen molar-refractivity contribution in [1.82, 2.24) is 5.32 Å². The maximum Gasteiger partial charge on any atom is 0.323 e. The monoisotopic (exact) mass is 183 g/mol. The predicted octanol–water partition coefficient (Wildman–Crippen LogP) is 0.583. The lowest BCUT2D eigenvalue weighted by Gasteiger charge is -2.16. The maximum atomic E-state index is 12.5. The van der Waals surface area contributed by atoms with E-state index < -0.39 is 17.7 Å². The summed E-state index contributed by atoms with van der Waals surface area (Å²) in [6, 6.07) is 0. The smallest absolute Gasteiger partial charge is 0.323 e. The molecule has 0 spiro atoms. The first-order valence-electron chi connectivity index (χ1n) is 3.17. The van der Waals surface area contributed by atoms with Crippen LogP contribution in [0.3, 0.4) is 0 Å². The molecule has 0 bridgehead atoms. The number of carboxylic acid groups (broad SMARTS) is 1. The van der Waals surface area contributed by atoms with Gasteiger partial charge in [-0.15, -0.1) is 12.4 Å². The largest absolute Gasteiger partial charge is 0.480 e. The zero-order valence-corrected chi connectivity index (χ0v) is 6.95. The van der Waals surface area contributed by atoms with Gasteiger partial charge in [0.25, 0.3) is 0 Å². The summed E-state index contributed by atoms with van der Waals surface area (Å²) in [5, 5.41) is 11.2. The van der Waals surface area contributed by atoms with Crippen molar-refractivity contribution in [3.8, 4) is 0 Å². The van der Waals surface area contributed by atoms with Crippen LogP contribution in [0, 0.1) is 0 Å². The Morgan fingerprint density at radius 1 is 1.82 bits per heavy atom. The fourth-order valence-corrected chi connectivity index (χ4v) is 1.09. The molecule has 0 amide bonds. The van der Waals surface area contributed by atoms with Crippen LogP contribution in [-0.2, 0) is 4.79 Å². The van der Waals surface area contributed by atoms with Crippen LogP contribution in [0.5, 0.6) is 0 Å². The highest BCUT2D eigenvalue weighted by molar-refractivity contribution is 5.85. The molecule has 2 atom stereocenters. The maximum absolute atomic E-state index is 12.5. The number of aliphatic carboxylic acids is 1. The molecule has 0 radical (unpaired) electrons. The molecule has 1 unspecified atom stereocenters. The standard InChI is InChI=1S/C6H10FNO2.ClH/c1-6(5(9)10)2-4(7)3-8-6;/h4,8H,2-3H2,1H3,(H,9,10);1H/t4-,6?;/m1./s1. The molecule has 1 saturated heterocycles. The van der Waals surface area contributed by atoms with Crippen LogP contribution in [0.15, 0.2) is 0 Å². The van der Waals surface area contributed by atoms with Gasteiger partial charge in [-0.25, -0.2) is 4.39 Å². The van der Waals surface area contributed by atoms with E-state index in [1.54, 1.807) is 0 Å². The van der Waals surface area contributed by atoms with Gasteiger partial charge in [0.15, 0.2) is 0 Å². The zero-order valence-electron chi connectivity index (χ0n) is 6.13. The second-order valence-corrected chi connectivity index (χ2v) is 2.82. The molecule has 3 nitrogen and oxygen atoms in total. The first-order valence-corrected chi connectivity index (χ1v) is 3.17. The van der Waals surface area contributed by atoms with Crippen molar-refractivity contribution in [2.24, 2.45) is 0 Å². The van der Waals surface area contributed by atoms with E-state index in [1.165, 1.54) is 6.92 Å². The minimum Gasteiger partial charge on any atom is -0.480 e. The quantitative estimate of drug-likeness (QED) is 0.626. The molecule has 0 aromatic carbocycles. The number of halogens is 2. The van der Waals surface area contributed by atoms with Crippen LogP contribution in [0.25, 0.3) is 0 Å². The van der Waals surface area contributed by atoms with Crippen LogP contribution < -0.4 is 5.32 Å². The Balaban J connectivity index is 0.000001000. The second-order valence-electron chi connectivity index (χ2n) is 2.82. The SMILES string of the molecule is CC1(C(=O)O)C[C@@H](F)CN1.Cl. The Hall–Kier alpha value is -0.350. The highest BCUT2D eigenvalue weighted by Crippen LogP contribution is 2.20. The molecule has 1 aliphatic rings. The van der Waals surface area contributed by atoms with Crippen molar-refractivity contribution in [1.29, 1.82) is 0 Å². The molecule has 0 aliphatic carbocycles. The van der Waals surface area contributed by atoms with Crippen molar-refractivity contribution >= 4 is 18.4 Å². The Morgan fingerprint density at radius 3 is 2.55 bits per heavy atom. The molecule has 1 fully saturated rings. The summed E-state index contributed by atoms with van der Waals surface area (Å²) in [4.78, 5) is 10.4. The van der Waals surface area contributed by atoms with E-state index in [4.69, 9.17) is 5.11 Å². The highest BCUT2D eigenvalue weighted by atomic mass is 35.5. The van der Waals surface area contributed by atoms with Crippen LogP contribution in [0.1, 0.15) is 13.3 Å². The third-order valence-corrected chi connectivity index (χ3v) is 1.82. The fraction of sp³-hybridized carbons (Fsp3) is 0.833. The number of carboxylic acids is 1. The van der Waals surface area contributed by atoms with Gasteiger partial charge >= 0.3 is 5.97 Å². The van der Waals surface area contributed by atoms with Gasteiger partial charge in [-0.2, -0.15) is 0 Å². The van der Waals surface area contributed by atoms with E-state index in [1.807, 2.05) is 0 Å². The average Bonchev–Trinajstić information content (AvgIpc) is 2.13. The van der Waals surface area contributed by atoms with Gasteiger partial charge in [0.1, 0.15) is 11.7 Å². The van der Waals surface area contributed by atoms with E-state index in [0.29, 0.717) is 0 Å². The number of hydrogen-bond acceptors (Lipinski definition) is 2. The lowest BCUT2D eigenvalue weighted by molar-refractivity contribution is -0.143. The summed E-state index contributed by atoms with van der Waals surface area (Å²) in [7, 11) is 0. The van der Waals surface area contributed by atoms with E-state index in [0.717, 1.165) is 0 Å². The zero-order chi connectivity index (χ0) is 7.78. The normalized spacial score (nSPS) is 36.4. The molecule has 1 rings (SSSR count). The minimum atomic E-state index is -1.04. The van der Waals surface area contributed by atoms with Crippen molar-refractivity contribution in [2.45, 2.75) is 25.1 Å². The van der Waals surface area contributed by atoms with Crippen molar-refractivity contribution in [3.05, 3.63) is 0 Å². The lowest BCUT2D eigenvalue weighted by Crippen LogP contribution is -2.44. The lowest BCUT2D eigenvalue weighted by atomic mass is 10.0. The summed E-state index contributed by atoms with van der Waals surface area (Å²) in [5.74, 6) is -0.979. The van der Waals surface area contributed by atoms with Gasteiger partial charge in [-0.05, 0) is 6.92 Å². The second kappa shape index (κ2) is 3.36. The van der Waals surface area contributed by atoms with E-state index in [-0.39, 0.29) is 25.4 Å². The van der Waals surface area contributed by atoms with E-state index in [2.05, 4.69) is 5.32 Å². The predicted molar refractivity (Wildman–Crippen MR) is 40.8 cm³/mol. The fourth-order valence-electron chi connectivity index (χ4n) is 1.09. The Kier molecular flexibility index (Phi) is 3.26. The minimum absolute atomic E-state index is 0. The molecule has 2 N–H and O–H groups in total. The van der Waals surface area contributed by atoms with Crippen LogP contribution in [-0.4, -0.2) is 29.3 Å². The van der Waals surface area contributed by atoms with Crippen molar-refractivity contribution in [3.63, 3.8) is 0 Å². The Bertz CT molecular complexity index is 167. The third-order valence-electron chi connectivity index (χ3n) is 1.82. The first kappa shape index (κ1) is 10.7. The highest BCUT2D eigenvalue weighted by Gasteiger charge is 2.41. The molecule has 0 aromatic heterocycles. The summed E-state index contributed by atoms with van der Waals surface area (Å²) in [6.07, 6.45) is -0.941. The van der Waals surface area contributed by atoms with Gasteiger partial charge in [-0.1, -0.05) is 0 Å². The number of carbonyl (C=O) groups is 1. The van der Waals surface area contributed by atoms with E-state index in [9.17, 15) is 9.18 Å². The first-order chi connectivity index (χ1) is 4.54. The molecule has 0 saturated carbocycles. The summed E-state index contributed by atoms with van der Waals surface area (Å²) < 4.78 is 12.5. The number of hydrogen-bond donors (Lipinski definition) is 2. The summed E-state index contributed by atoms with van der Waals surface area (Å²) >= 11 is 0. The molecular weight excluding hydrogens is 173 g/mol. The van der Waals surface area contributed by atoms with E-state index >= 15 is 0 Å². The summed E-state index contributed by atoms with van der Waals surface area (Å²) in [6.45, 7) is 1.65. The van der Waals surface area contributed by atoms with Crippen molar-refractivity contribution in [2.75, 3.05) is 6.54 Å². The van der Waals surface area contributed by atoms with Gasteiger partial charge < -0.3 is 5.11 Å². The number of nitrogens with one attached hydrogen (secondary N) is 1. The molecule has 66 valence electrons. The van der Waals surface area contributed by atoms with Crippen LogP contribution in [0.2, 0.25) is 0 Å². The Morgan fingerprint density at radius 2 is 2.36 bits per heavy atom. The molecular formula is C6H11ClFNO2. The van der Waals surface area contributed by atoms with Gasteiger partial charge in [0.2, 0.25) is 0 Å². The van der Waals surface area contributed by atoms with Crippen LogP contribution in [0.4, 0.5) is 4.39 Å². The third kappa shape index (κ3) is 2.04. The molecule has 5 heteroatoms. The van der Waals surface area contributed by atoms with Gasteiger partial charge in [-0.3, -0.25) is 10.1 Å². The topological polar surface area (TPSA) is 49.3 Å². The molecule has 11 heavy (non-hydrogen) atoms. The summed E-state index contributed by atoms with van der Waals surface area (Å²) in [5.41, 5.74) is -1.04. The Labute approximate surface area is 70.4 Å². The number of alkyl halides is 1. The van der Waals surface area contributed by atoms with Gasteiger partial charge in [0, 0.05) is 13.0 Å². The van der Waals surface area contributed by atoms with Crippen LogP contribution >= 0.6 is 12.4 Å². The molecule has 1 aliphatic heterocycles. The molecule has 1 heterocycles. The average molecular weight is 184 g/mol.